The Balaban J connectivity index is 1.73. The van der Waals surface area contributed by atoms with Gasteiger partial charge < -0.3 is 14.8 Å². The van der Waals surface area contributed by atoms with Gasteiger partial charge in [0.05, 0.1) is 23.9 Å². The first-order valence-electron chi connectivity index (χ1n) is 9.91. The van der Waals surface area contributed by atoms with Crippen LogP contribution in [0.4, 0.5) is 10.1 Å². The fourth-order valence-corrected chi connectivity index (χ4v) is 3.33. The van der Waals surface area contributed by atoms with Crippen LogP contribution in [-0.2, 0) is 9.53 Å². The number of amides is 1. The summed E-state index contributed by atoms with van der Waals surface area (Å²) in [4.78, 5) is 28.8. The molecule has 0 aliphatic rings. The van der Waals surface area contributed by atoms with E-state index in [0.717, 1.165) is 5.56 Å². The van der Waals surface area contributed by atoms with E-state index in [-0.39, 0.29) is 12.2 Å². The quantitative estimate of drug-likeness (QED) is 0.381. The SMILES string of the molecule is COC(=O)COc1cc(-c2ccc(Cl)cc2)nc2ccc(NC(=O)c3ccccc3F)cc12. The van der Waals surface area contributed by atoms with Crippen molar-refractivity contribution in [2.24, 2.45) is 0 Å². The number of carbonyl (C=O) groups excluding carboxylic acids is 2. The Kier molecular flexibility index (Phi) is 6.51. The van der Waals surface area contributed by atoms with Crippen molar-refractivity contribution in [3.63, 3.8) is 0 Å². The first-order chi connectivity index (χ1) is 15.9. The van der Waals surface area contributed by atoms with Gasteiger partial charge in [0, 0.05) is 27.7 Å². The van der Waals surface area contributed by atoms with Gasteiger partial charge in [0.2, 0.25) is 0 Å². The minimum Gasteiger partial charge on any atom is -0.481 e. The van der Waals surface area contributed by atoms with E-state index in [4.69, 9.17) is 16.3 Å². The maximum absolute atomic E-state index is 14.0. The number of methoxy groups -OCH3 is 1. The maximum Gasteiger partial charge on any atom is 0.343 e. The minimum absolute atomic E-state index is 0.0732. The Bertz CT molecular complexity index is 1340. The van der Waals surface area contributed by atoms with Crippen LogP contribution in [0.2, 0.25) is 5.02 Å². The largest absolute Gasteiger partial charge is 0.481 e. The van der Waals surface area contributed by atoms with Crippen molar-refractivity contribution in [1.82, 2.24) is 4.98 Å². The number of benzene rings is 3. The van der Waals surface area contributed by atoms with Crippen molar-refractivity contribution >= 4 is 40.1 Å². The Labute approximate surface area is 193 Å². The smallest absolute Gasteiger partial charge is 0.343 e. The topological polar surface area (TPSA) is 77.5 Å². The summed E-state index contributed by atoms with van der Waals surface area (Å²) in [7, 11) is 1.27. The van der Waals surface area contributed by atoms with Crippen molar-refractivity contribution in [3.8, 4) is 17.0 Å². The Hall–Kier alpha value is -3.97. The highest BCUT2D eigenvalue weighted by Gasteiger charge is 2.14. The van der Waals surface area contributed by atoms with Crippen LogP contribution in [0, 0.1) is 5.82 Å². The van der Waals surface area contributed by atoms with Gasteiger partial charge in [0.15, 0.2) is 6.61 Å². The maximum atomic E-state index is 14.0. The van der Waals surface area contributed by atoms with Crippen molar-refractivity contribution in [1.29, 1.82) is 0 Å². The van der Waals surface area contributed by atoms with Gasteiger partial charge in [-0.25, -0.2) is 14.2 Å². The molecular formula is C25H18ClFN2O4. The number of esters is 1. The van der Waals surface area contributed by atoms with Gasteiger partial charge >= 0.3 is 5.97 Å². The number of pyridine rings is 1. The number of hydrogen-bond donors (Lipinski definition) is 1. The predicted octanol–water partition coefficient (Wildman–Crippen LogP) is 5.50. The number of carbonyl (C=O) groups is 2. The summed E-state index contributed by atoms with van der Waals surface area (Å²) in [6.07, 6.45) is 0. The van der Waals surface area contributed by atoms with Crippen molar-refractivity contribution in [3.05, 3.63) is 89.2 Å². The molecule has 1 heterocycles. The second kappa shape index (κ2) is 9.67. The molecule has 0 atom stereocenters. The van der Waals surface area contributed by atoms with Crippen LogP contribution >= 0.6 is 11.6 Å². The highest BCUT2D eigenvalue weighted by Crippen LogP contribution is 2.32. The van der Waals surface area contributed by atoms with Crippen LogP contribution in [0.3, 0.4) is 0 Å². The van der Waals surface area contributed by atoms with Gasteiger partial charge in [-0.05, 0) is 42.5 Å². The van der Waals surface area contributed by atoms with Crippen LogP contribution in [0.5, 0.6) is 5.75 Å². The highest BCUT2D eigenvalue weighted by atomic mass is 35.5. The van der Waals surface area contributed by atoms with Crippen molar-refractivity contribution in [2.75, 3.05) is 19.0 Å². The zero-order valence-corrected chi connectivity index (χ0v) is 18.2. The first-order valence-corrected chi connectivity index (χ1v) is 10.3. The molecule has 166 valence electrons. The molecule has 0 bridgehead atoms. The van der Waals surface area contributed by atoms with E-state index in [1.54, 1.807) is 42.5 Å². The van der Waals surface area contributed by atoms with Gasteiger partial charge in [0.25, 0.3) is 5.91 Å². The van der Waals surface area contributed by atoms with Gasteiger partial charge in [-0.3, -0.25) is 4.79 Å². The normalized spacial score (nSPS) is 10.6. The van der Waals surface area contributed by atoms with Gasteiger partial charge in [0.1, 0.15) is 11.6 Å². The molecule has 0 saturated carbocycles. The second-order valence-corrected chi connectivity index (χ2v) is 7.48. The number of anilines is 1. The van der Waals surface area contributed by atoms with Gasteiger partial charge in [-0.2, -0.15) is 0 Å². The summed E-state index contributed by atoms with van der Waals surface area (Å²) < 4.78 is 24.3. The molecule has 6 nitrogen and oxygen atoms in total. The molecule has 3 aromatic carbocycles. The molecule has 1 aromatic heterocycles. The van der Waals surface area contributed by atoms with Crippen LogP contribution in [0.25, 0.3) is 22.2 Å². The minimum atomic E-state index is -0.618. The first kappa shape index (κ1) is 22.2. The molecule has 0 unspecified atom stereocenters. The molecule has 4 aromatic rings. The Morgan fingerprint density at radius 3 is 2.52 bits per heavy atom. The molecule has 33 heavy (non-hydrogen) atoms. The lowest BCUT2D eigenvalue weighted by atomic mass is 10.1. The number of hydrogen-bond acceptors (Lipinski definition) is 5. The number of nitrogens with one attached hydrogen (secondary N) is 1. The summed E-state index contributed by atoms with van der Waals surface area (Å²) in [5, 5.41) is 3.83. The summed E-state index contributed by atoms with van der Waals surface area (Å²) in [5.41, 5.74) is 2.34. The fourth-order valence-electron chi connectivity index (χ4n) is 3.20. The van der Waals surface area contributed by atoms with Crippen molar-refractivity contribution < 1.29 is 23.5 Å². The molecule has 1 N–H and O–H groups in total. The van der Waals surface area contributed by atoms with E-state index >= 15 is 0 Å². The van der Waals surface area contributed by atoms with E-state index in [0.29, 0.717) is 33.1 Å². The number of fused-ring (bicyclic) bond motifs is 1. The zero-order chi connectivity index (χ0) is 23.4. The van der Waals surface area contributed by atoms with E-state index in [2.05, 4.69) is 15.0 Å². The standard InChI is InChI=1S/C25H18ClFN2O4/c1-32-24(30)14-33-23-13-22(15-6-8-16(26)9-7-15)29-21-11-10-17(12-19(21)23)28-25(31)18-4-2-3-5-20(18)27/h2-13H,14H2,1H3,(H,28,31). The number of ether oxygens (including phenoxy) is 2. The number of rotatable bonds is 6. The second-order valence-electron chi connectivity index (χ2n) is 7.04. The molecule has 1 amide bonds. The lowest BCUT2D eigenvalue weighted by Gasteiger charge is -2.13. The van der Waals surface area contributed by atoms with Crippen LogP contribution in [0.1, 0.15) is 10.4 Å². The molecule has 0 radical (unpaired) electrons. The van der Waals surface area contributed by atoms with E-state index in [9.17, 15) is 14.0 Å². The average molecular weight is 465 g/mol. The van der Waals surface area contributed by atoms with Gasteiger partial charge in [-0.15, -0.1) is 0 Å². The molecule has 0 spiro atoms. The number of aromatic nitrogens is 1. The zero-order valence-electron chi connectivity index (χ0n) is 17.5. The summed E-state index contributed by atoms with van der Waals surface area (Å²) in [6, 6.07) is 19.6. The van der Waals surface area contributed by atoms with E-state index < -0.39 is 17.7 Å². The Morgan fingerprint density at radius 1 is 1.03 bits per heavy atom. The third-order valence-electron chi connectivity index (χ3n) is 4.86. The van der Waals surface area contributed by atoms with Crippen LogP contribution in [0.15, 0.2) is 72.8 Å². The lowest BCUT2D eigenvalue weighted by molar-refractivity contribution is -0.142. The lowest BCUT2D eigenvalue weighted by Crippen LogP contribution is -2.14. The van der Waals surface area contributed by atoms with Gasteiger partial charge in [-0.1, -0.05) is 35.9 Å². The molecule has 0 fully saturated rings. The monoisotopic (exact) mass is 464 g/mol. The number of nitrogens with zero attached hydrogens (tertiary/aromatic N) is 1. The van der Waals surface area contributed by atoms with Crippen LogP contribution < -0.4 is 10.1 Å². The summed E-state index contributed by atoms with van der Waals surface area (Å²) in [5.74, 6) is -1.38. The fraction of sp³-hybridized carbons (Fsp3) is 0.0800. The van der Waals surface area contributed by atoms with E-state index in [1.165, 1.54) is 25.3 Å². The molecule has 0 saturated heterocycles. The Morgan fingerprint density at radius 2 is 1.79 bits per heavy atom. The highest BCUT2D eigenvalue weighted by molar-refractivity contribution is 6.30. The van der Waals surface area contributed by atoms with Crippen molar-refractivity contribution in [2.45, 2.75) is 0 Å². The molecule has 4 rings (SSSR count). The summed E-state index contributed by atoms with van der Waals surface area (Å²) >= 11 is 5.98. The third-order valence-corrected chi connectivity index (χ3v) is 5.11. The summed E-state index contributed by atoms with van der Waals surface area (Å²) in [6.45, 7) is -0.304. The predicted molar refractivity (Wildman–Crippen MR) is 124 cm³/mol. The molecule has 8 heteroatoms. The van der Waals surface area contributed by atoms with Crippen LogP contribution in [-0.4, -0.2) is 30.6 Å². The molecular weight excluding hydrogens is 447 g/mol. The molecule has 0 aliphatic carbocycles. The molecule has 0 aliphatic heterocycles. The number of halogens is 2. The van der Waals surface area contributed by atoms with E-state index in [1.807, 2.05) is 12.1 Å². The third kappa shape index (κ3) is 5.10. The average Bonchev–Trinajstić information content (AvgIpc) is 2.83.